The van der Waals surface area contributed by atoms with Gasteiger partial charge in [-0.2, -0.15) is 0 Å². The molecule has 0 spiro atoms. The first-order chi connectivity index (χ1) is 6.65. The molecular formula is C11H20N2S. The van der Waals surface area contributed by atoms with Crippen LogP contribution in [0.25, 0.3) is 0 Å². The normalized spacial score (nSPS) is 23.9. The van der Waals surface area contributed by atoms with E-state index in [4.69, 9.17) is 5.73 Å². The first kappa shape index (κ1) is 11.5. The fraction of sp³-hybridized carbons (Fsp3) is 0.636. The molecule has 0 fully saturated rings. The molecule has 0 saturated heterocycles. The molecule has 0 heterocycles. The zero-order chi connectivity index (χ0) is 10.6. The summed E-state index contributed by atoms with van der Waals surface area (Å²) in [4.78, 5) is 0.966. The number of thiol groups is 1. The van der Waals surface area contributed by atoms with Crippen LogP contribution in [0.2, 0.25) is 0 Å². The molecule has 3 heteroatoms. The van der Waals surface area contributed by atoms with Crippen molar-refractivity contribution in [1.82, 2.24) is 5.32 Å². The van der Waals surface area contributed by atoms with Crippen LogP contribution in [0, 0.1) is 5.92 Å². The molecule has 2 nitrogen and oxygen atoms in total. The van der Waals surface area contributed by atoms with E-state index < -0.39 is 0 Å². The molecule has 1 aliphatic carbocycles. The Morgan fingerprint density at radius 2 is 2.43 bits per heavy atom. The minimum atomic E-state index is 0.478. The number of allylic oxidation sites excluding steroid dienone is 4. The van der Waals surface area contributed by atoms with Gasteiger partial charge in [-0.3, -0.25) is 0 Å². The summed E-state index contributed by atoms with van der Waals surface area (Å²) >= 11 is 4.30. The van der Waals surface area contributed by atoms with Gasteiger partial charge in [0.15, 0.2) is 0 Å². The zero-order valence-corrected chi connectivity index (χ0v) is 9.90. The summed E-state index contributed by atoms with van der Waals surface area (Å²) in [5.41, 5.74) is 8.29. The lowest BCUT2D eigenvalue weighted by molar-refractivity contribution is 0.507. The van der Waals surface area contributed by atoms with Crippen LogP contribution in [-0.2, 0) is 0 Å². The number of nitrogens with one attached hydrogen (secondary N) is 1. The maximum absolute atomic E-state index is 6.00. The second kappa shape index (κ2) is 5.35. The van der Waals surface area contributed by atoms with E-state index in [0.29, 0.717) is 5.92 Å². The van der Waals surface area contributed by atoms with Crippen molar-refractivity contribution in [1.29, 1.82) is 0 Å². The maximum Gasteiger partial charge on any atom is 0.0207 e. The molecule has 14 heavy (non-hydrogen) atoms. The van der Waals surface area contributed by atoms with E-state index in [1.54, 1.807) is 0 Å². The minimum Gasteiger partial charge on any atom is -0.401 e. The van der Waals surface area contributed by atoms with Gasteiger partial charge in [-0.15, -0.1) is 12.6 Å². The third-order valence-corrected chi connectivity index (χ3v) is 2.89. The highest BCUT2D eigenvalue weighted by Crippen LogP contribution is 2.28. The number of hydrogen-bond donors (Lipinski definition) is 3. The smallest absolute Gasteiger partial charge is 0.0207 e. The Labute approximate surface area is 92.0 Å². The van der Waals surface area contributed by atoms with Crippen molar-refractivity contribution in [3.63, 3.8) is 0 Å². The molecular weight excluding hydrogens is 192 g/mol. The number of rotatable bonds is 3. The maximum atomic E-state index is 6.00. The summed E-state index contributed by atoms with van der Waals surface area (Å²) < 4.78 is 0. The summed E-state index contributed by atoms with van der Waals surface area (Å²) in [6, 6.07) is 0. The van der Waals surface area contributed by atoms with E-state index in [-0.39, 0.29) is 0 Å². The molecule has 0 aliphatic heterocycles. The number of nitrogens with two attached hydrogens (primary N) is 1. The fourth-order valence-corrected chi connectivity index (χ4v) is 2.02. The van der Waals surface area contributed by atoms with Gasteiger partial charge in [-0.25, -0.2) is 0 Å². The van der Waals surface area contributed by atoms with Gasteiger partial charge in [-0.05, 0) is 38.0 Å². The highest BCUT2D eigenvalue weighted by molar-refractivity contribution is 7.84. The lowest BCUT2D eigenvalue weighted by Gasteiger charge is -2.24. The van der Waals surface area contributed by atoms with E-state index in [1.807, 2.05) is 6.92 Å². The van der Waals surface area contributed by atoms with Gasteiger partial charge in [-0.1, -0.05) is 6.08 Å². The first-order valence-electron chi connectivity index (χ1n) is 5.23. The topological polar surface area (TPSA) is 38.0 Å². The summed E-state index contributed by atoms with van der Waals surface area (Å²) in [7, 11) is 0. The third kappa shape index (κ3) is 2.98. The standard InChI is InChI=1S/C11H20N2S/c1-3-13-10-6-4-5-9(7-10)11(12)8(2)14/h6,9,13-14H,3-5,7,12H2,1-2H3/b11-8-. The van der Waals surface area contributed by atoms with Gasteiger partial charge in [0.2, 0.25) is 0 Å². The lowest BCUT2D eigenvalue weighted by Crippen LogP contribution is -2.22. The van der Waals surface area contributed by atoms with Crippen molar-refractivity contribution < 1.29 is 0 Å². The molecule has 1 rings (SSSR count). The molecule has 3 N–H and O–H groups in total. The summed E-state index contributed by atoms with van der Waals surface area (Å²) in [5.74, 6) is 0.478. The van der Waals surface area contributed by atoms with E-state index in [9.17, 15) is 0 Å². The first-order valence-corrected chi connectivity index (χ1v) is 5.68. The fourth-order valence-electron chi connectivity index (χ4n) is 1.84. The molecule has 0 aromatic carbocycles. The lowest BCUT2D eigenvalue weighted by atomic mass is 9.89. The largest absolute Gasteiger partial charge is 0.401 e. The van der Waals surface area contributed by atoms with Crippen molar-refractivity contribution in [2.75, 3.05) is 6.54 Å². The Kier molecular flexibility index (Phi) is 4.39. The van der Waals surface area contributed by atoms with E-state index in [2.05, 4.69) is 30.9 Å². The Hall–Kier alpha value is -0.570. The summed E-state index contributed by atoms with van der Waals surface area (Å²) in [5, 5.41) is 3.37. The predicted molar refractivity (Wildman–Crippen MR) is 65.0 cm³/mol. The molecule has 0 bridgehead atoms. The third-order valence-electron chi connectivity index (χ3n) is 2.63. The van der Waals surface area contributed by atoms with E-state index in [0.717, 1.165) is 36.4 Å². The van der Waals surface area contributed by atoms with Gasteiger partial charge in [0, 0.05) is 23.9 Å². The van der Waals surface area contributed by atoms with Crippen LogP contribution in [0.1, 0.15) is 33.1 Å². The molecule has 1 unspecified atom stereocenters. The molecule has 80 valence electrons. The summed E-state index contributed by atoms with van der Waals surface area (Å²) in [6.07, 6.45) is 5.59. The molecule has 1 aliphatic rings. The Bertz CT molecular complexity index is 252. The van der Waals surface area contributed by atoms with Crippen LogP contribution in [0.4, 0.5) is 0 Å². The van der Waals surface area contributed by atoms with Gasteiger partial charge in [0.05, 0.1) is 0 Å². The monoisotopic (exact) mass is 212 g/mol. The average Bonchev–Trinajstić information content (AvgIpc) is 2.17. The van der Waals surface area contributed by atoms with Crippen LogP contribution in [-0.4, -0.2) is 6.54 Å². The van der Waals surface area contributed by atoms with Crippen LogP contribution in [0.3, 0.4) is 0 Å². The second-order valence-corrected chi connectivity index (χ2v) is 4.45. The van der Waals surface area contributed by atoms with E-state index >= 15 is 0 Å². The van der Waals surface area contributed by atoms with Crippen molar-refractivity contribution in [2.45, 2.75) is 33.1 Å². The van der Waals surface area contributed by atoms with Crippen LogP contribution in [0.15, 0.2) is 22.4 Å². The van der Waals surface area contributed by atoms with Crippen molar-refractivity contribution in [2.24, 2.45) is 11.7 Å². The highest BCUT2D eigenvalue weighted by atomic mass is 32.1. The van der Waals surface area contributed by atoms with E-state index in [1.165, 1.54) is 5.70 Å². The Balaban J connectivity index is 2.61. The molecule has 0 amide bonds. The molecule has 0 aromatic heterocycles. The van der Waals surface area contributed by atoms with Gasteiger partial charge in [0.25, 0.3) is 0 Å². The quantitative estimate of drug-likeness (QED) is 0.629. The van der Waals surface area contributed by atoms with Gasteiger partial charge >= 0.3 is 0 Å². The SMILES string of the molecule is CCNC1=CCCC(/C(N)=C(\C)S)C1. The van der Waals surface area contributed by atoms with Crippen LogP contribution in [0.5, 0.6) is 0 Å². The van der Waals surface area contributed by atoms with Crippen LogP contribution >= 0.6 is 12.6 Å². The van der Waals surface area contributed by atoms with Crippen molar-refractivity contribution in [3.05, 3.63) is 22.4 Å². The van der Waals surface area contributed by atoms with Gasteiger partial charge < -0.3 is 11.1 Å². The Morgan fingerprint density at radius 3 is 3.00 bits per heavy atom. The minimum absolute atomic E-state index is 0.478. The molecule has 0 aromatic rings. The second-order valence-electron chi connectivity index (χ2n) is 3.78. The molecule has 0 saturated carbocycles. The predicted octanol–water partition coefficient (Wildman–Crippen LogP) is 2.40. The zero-order valence-electron chi connectivity index (χ0n) is 9.01. The molecule has 1 atom stereocenters. The van der Waals surface area contributed by atoms with Gasteiger partial charge in [0.1, 0.15) is 0 Å². The van der Waals surface area contributed by atoms with Crippen molar-refractivity contribution in [3.8, 4) is 0 Å². The highest BCUT2D eigenvalue weighted by Gasteiger charge is 2.18. The summed E-state index contributed by atoms with van der Waals surface area (Å²) in [6.45, 7) is 5.07. The van der Waals surface area contributed by atoms with Crippen molar-refractivity contribution >= 4 is 12.6 Å². The average molecular weight is 212 g/mol. The van der Waals surface area contributed by atoms with Crippen LogP contribution < -0.4 is 11.1 Å². The number of hydrogen-bond acceptors (Lipinski definition) is 3. The Morgan fingerprint density at radius 1 is 1.71 bits per heavy atom. The molecule has 0 radical (unpaired) electrons.